The zero-order valence-corrected chi connectivity index (χ0v) is 12.9. The van der Waals surface area contributed by atoms with Crippen molar-refractivity contribution in [3.05, 3.63) is 29.8 Å². The van der Waals surface area contributed by atoms with Crippen LogP contribution in [0.4, 0.5) is 5.69 Å². The van der Waals surface area contributed by atoms with Gasteiger partial charge < -0.3 is 15.0 Å². The van der Waals surface area contributed by atoms with Crippen molar-refractivity contribution >= 4 is 17.5 Å². The number of hydrogen-bond donors (Lipinski definition) is 1. The lowest BCUT2D eigenvalue weighted by Gasteiger charge is -2.27. The molecule has 3 rings (SSSR count). The molecule has 2 aliphatic rings. The normalized spacial score (nSPS) is 24.0. The summed E-state index contributed by atoms with van der Waals surface area (Å²) in [6.07, 6.45) is 1.54. The molecule has 1 saturated carbocycles. The fourth-order valence-corrected chi connectivity index (χ4v) is 2.95. The number of morpholine rings is 1. The third kappa shape index (κ3) is 3.14. The lowest BCUT2D eigenvalue weighted by molar-refractivity contribution is -0.137. The van der Waals surface area contributed by atoms with Gasteiger partial charge in [0.15, 0.2) is 0 Å². The number of para-hydroxylation sites is 1. The zero-order chi connectivity index (χ0) is 15.5. The highest BCUT2D eigenvalue weighted by Gasteiger charge is 2.49. The van der Waals surface area contributed by atoms with Gasteiger partial charge in [-0.2, -0.15) is 0 Å². The van der Waals surface area contributed by atoms with Crippen LogP contribution in [-0.2, 0) is 20.7 Å². The van der Waals surface area contributed by atoms with Gasteiger partial charge in [0.2, 0.25) is 11.8 Å². The molecule has 1 heterocycles. The molecule has 2 atom stereocenters. The molecular weight excluding hydrogens is 280 g/mol. The first kappa shape index (κ1) is 15.0. The first-order valence-electron chi connectivity index (χ1n) is 7.96. The van der Waals surface area contributed by atoms with E-state index in [-0.39, 0.29) is 23.7 Å². The number of anilines is 1. The minimum absolute atomic E-state index is 0.0347. The van der Waals surface area contributed by atoms with Gasteiger partial charge >= 0.3 is 0 Å². The molecule has 1 aliphatic carbocycles. The number of hydrogen-bond acceptors (Lipinski definition) is 3. The molecule has 22 heavy (non-hydrogen) atoms. The Morgan fingerprint density at radius 2 is 1.95 bits per heavy atom. The Morgan fingerprint density at radius 1 is 1.23 bits per heavy atom. The molecule has 5 heteroatoms. The molecule has 1 aromatic rings. The van der Waals surface area contributed by atoms with E-state index in [2.05, 4.69) is 12.2 Å². The Balaban J connectivity index is 1.57. The number of benzene rings is 1. The van der Waals surface area contributed by atoms with Gasteiger partial charge in [-0.3, -0.25) is 9.59 Å². The van der Waals surface area contributed by atoms with Gasteiger partial charge in [-0.05, 0) is 24.5 Å². The smallest absolute Gasteiger partial charge is 0.228 e. The Morgan fingerprint density at radius 3 is 2.68 bits per heavy atom. The average Bonchev–Trinajstić information content (AvgIpc) is 3.36. The van der Waals surface area contributed by atoms with Crippen LogP contribution in [-0.4, -0.2) is 43.0 Å². The van der Waals surface area contributed by atoms with E-state index in [1.807, 2.05) is 29.2 Å². The molecule has 1 N–H and O–H groups in total. The number of rotatable bonds is 4. The van der Waals surface area contributed by atoms with E-state index >= 15 is 0 Å². The summed E-state index contributed by atoms with van der Waals surface area (Å²) in [6, 6.07) is 7.81. The maximum Gasteiger partial charge on any atom is 0.228 e. The van der Waals surface area contributed by atoms with Crippen LogP contribution in [0.1, 0.15) is 18.9 Å². The van der Waals surface area contributed by atoms with Gasteiger partial charge in [0.25, 0.3) is 0 Å². The average molecular weight is 302 g/mol. The monoisotopic (exact) mass is 302 g/mol. The van der Waals surface area contributed by atoms with Crippen molar-refractivity contribution in [1.29, 1.82) is 0 Å². The highest BCUT2D eigenvalue weighted by atomic mass is 16.5. The second-order valence-electron chi connectivity index (χ2n) is 5.89. The lowest BCUT2D eigenvalue weighted by atomic mass is 10.1. The predicted molar refractivity (Wildman–Crippen MR) is 83.4 cm³/mol. The summed E-state index contributed by atoms with van der Waals surface area (Å²) in [6.45, 7) is 4.54. The van der Waals surface area contributed by atoms with E-state index in [1.54, 1.807) is 0 Å². The van der Waals surface area contributed by atoms with Crippen LogP contribution in [0.2, 0.25) is 0 Å². The quantitative estimate of drug-likeness (QED) is 0.920. The van der Waals surface area contributed by atoms with Crippen molar-refractivity contribution in [2.45, 2.75) is 19.8 Å². The SMILES string of the molecule is CCc1ccccc1NC(=O)C1CC1C(=O)N1CCOCC1. The van der Waals surface area contributed by atoms with E-state index in [9.17, 15) is 9.59 Å². The topological polar surface area (TPSA) is 58.6 Å². The number of carbonyl (C=O) groups is 2. The number of nitrogens with zero attached hydrogens (tertiary/aromatic N) is 1. The third-order valence-electron chi connectivity index (χ3n) is 4.42. The molecular formula is C17H22N2O3. The Hall–Kier alpha value is -1.88. The summed E-state index contributed by atoms with van der Waals surface area (Å²) >= 11 is 0. The number of nitrogens with one attached hydrogen (secondary N) is 1. The standard InChI is InChI=1S/C17H22N2O3/c1-2-12-5-3-4-6-15(12)18-16(20)13-11-14(13)17(21)19-7-9-22-10-8-19/h3-6,13-14H,2,7-11H2,1H3,(H,18,20). The van der Waals surface area contributed by atoms with Crippen LogP contribution in [0.15, 0.2) is 24.3 Å². The predicted octanol–water partition coefficient (Wildman–Crippen LogP) is 1.68. The van der Waals surface area contributed by atoms with Crippen LogP contribution in [0.3, 0.4) is 0 Å². The lowest BCUT2D eigenvalue weighted by Crippen LogP contribution is -2.42. The molecule has 1 aliphatic heterocycles. The van der Waals surface area contributed by atoms with E-state index in [4.69, 9.17) is 4.74 Å². The number of carbonyl (C=O) groups excluding carboxylic acids is 2. The summed E-state index contributed by atoms with van der Waals surface area (Å²) < 4.78 is 5.26. The van der Waals surface area contributed by atoms with Crippen molar-refractivity contribution in [2.75, 3.05) is 31.6 Å². The van der Waals surface area contributed by atoms with Gasteiger partial charge in [0.1, 0.15) is 0 Å². The fourth-order valence-electron chi connectivity index (χ4n) is 2.95. The molecule has 2 amide bonds. The van der Waals surface area contributed by atoms with Crippen LogP contribution in [0.25, 0.3) is 0 Å². The minimum atomic E-state index is -0.180. The highest BCUT2D eigenvalue weighted by molar-refractivity contribution is 5.99. The first-order valence-corrected chi connectivity index (χ1v) is 7.96. The zero-order valence-electron chi connectivity index (χ0n) is 12.9. The van der Waals surface area contributed by atoms with Gasteiger partial charge in [-0.25, -0.2) is 0 Å². The molecule has 0 spiro atoms. The van der Waals surface area contributed by atoms with E-state index < -0.39 is 0 Å². The van der Waals surface area contributed by atoms with Gasteiger partial charge in [-0.15, -0.1) is 0 Å². The second kappa shape index (κ2) is 6.48. The minimum Gasteiger partial charge on any atom is -0.378 e. The third-order valence-corrected chi connectivity index (χ3v) is 4.42. The first-order chi connectivity index (χ1) is 10.7. The van der Waals surface area contributed by atoms with Crippen molar-refractivity contribution in [2.24, 2.45) is 11.8 Å². The van der Waals surface area contributed by atoms with Crippen LogP contribution >= 0.6 is 0 Å². The summed E-state index contributed by atoms with van der Waals surface area (Å²) in [5, 5.41) is 2.98. The number of ether oxygens (including phenoxy) is 1. The molecule has 0 bridgehead atoms. The summed E-state index contributed by atoms with van der Waals surface area (Å²) in [5.41, 5.74) is 1.98. The molecule has 2 fully saturated rings. The Bertz CT molecular complexity index is 567. The van der Waals surface area contributed by atoms with Gasteiger partial charge in [0.05, 0.1) is 25.0 Å². The summed E-state index contributed by atoms with van der Waals surface area (Å²) in [4.78, 5) is 26.5. The highest BCUT2D eigenvalue weighted by Crippen LogP contribution is 2.41. The molecule has 1 saturated heterocycles. The molecule has 118 valence electrons. The molecule has 5 nitrogen and oxygen atoms in total. The van der Waals surface area contributed by atoms with Crippen LogP contribution in [0.5, 0.6) is 0 Å². The number of amides is 2. The molecule has 1 aromatic carbocycles. The van der Waals surface area contributed by atoms with E-state index in [1.165, 1.54) is 0 Å². The molecule has 0 radical (unpaired) electrons. The Kier molecular flexibility index (Phi) is 4.43. The van der Waals surface area contributed by atoms with Crippen LogP contribution < -0.4 is 5.32 Å². The van der Waals surface area contributed by atoms with Crippen molar-refractivity contribution in [3.63, 3.8) is 0 Å². The summed E-state index contributed by atoms with van der Waals surface area (Å²) in [5.74, 6) is -0.258. The van der Waals surface area contributed by atoms with Crippen molar-refractivity contribution < 1.29 is 14.3 Å². The maximum absolute atomic E-state index is 12.3. The second-order valence-corrected chi connectivity index (χ2v) is 5.89. The van der Waals surface area contributed by atoms with E-state index in [0.717, 1.165) is 17.7 Å². The maximum atomic E-state index is 12.3. The summed E-state index contributed by atoms with van der Waals surface area (Å²) in [7, 11) is 0. The largest absolute Gasteiger partial charge is 0.378 e. The van der Waals surface area contributed by atoms with Gasteiger partial charge in [0, 0.05) is 18.8 Å². The van der Waals surface area contributed by atoms with Crippen LogP contribution in [0, 0.1) is 11.8 Å². The van der Waals surface area contributed by atoms with Gasteiger partial charge in [-0.1, -0.05) is 25.1 Å². The van der Waals surface area contributed by atoms with E-state index in [0.29, 0.717) is 32.7 Å². The van der Waals surface area contributed by atoms with Crippen molar-refractivity contribution in [3.8, 4) is 0 Å². The fraction of sp³-hybridized carbons (Fsp3) is 0.529. The molecule has 2 unspecified atom stereocenters. The van der Waals surface area contributed by atoms with Crippen molar-refractivity contribution in [1.82, 2.24) is 4.90 Å². The number of aryl methyl sites for hydroxylation is 1. The molecule has 0 aromatic heterocycles. The Labute approximate surface area is 130 Å².